The zero-order chi connectivity index (χ0) is 19.7. The van der Waals surface area contributed by atoms with Crippen molar-refractivity contribution in [2.24, 2.45) is 5.41 Å². The molecule has 148 valence electrons. The van der Waals surface area contributed by atoms with Crippen LogP contribution in [0.25, 0.3) is 11.0 Å². The van der Waals surface area contributed by atoms with Crippen molar-refractivity contribution in [1.82, 2.24) is 20.2 Å². The van der Waals surface area contributed by atoms with E-state index in [0.717, 1.165) is 19.3 Å². The van der Waals surface area contributed by atoms with E-state index in [1.807, 2.05) is 11.0 Å². The van der Waals surface area contributed by atoms with Crippen LogP contribution >= 0.6 is 0 Å². The first kappa shape index (κ1) is 18.6. The summed E-state index contributed by atoms with van der Waals surface area (Å²) < 4.78 is 4.97. The van der Waals surface area contributed by atoms with E-state index in [1.165, 1.54) is 0 Å². The molecule has 1 aliphatic carbocycles. The summed E-state index contributed by atoms with van der Waals surface area (Å²) in [5, 5.41) is 2.97. The van der Waals surface area contributed by atoms with Crippen molar-refractivity contribution in [2.75, 3.05) is 26.8 Å². The fourth-order valence-electron chi connectivity index (χ4n) is 4.06. The van der Waals surface area contributed by atoms with E-state index in [1.54, 1.807) is 25.3 Å². The van der Waals surface area contributed by atoms with Gasteiger partial charge in [-0.1, -0.05) is 12.1 Å². The van der Waals surface area contributed by atoms with E-state index in [-0.39, 0.29) is 23.1 Å². The molecule has 4 rings (SSSR count). The highest BCUT2D eigenvalue weighted by molar-refractivity contribution is 5.94. The Morgan fingerprint density at radius 3 is 2.82 bits per heavy atom. The van der Waals surface area contributed by atoms with Gasteiger partial charge in [-0.3, -0.25) is 14.4 Å². The molecule has 2 N–H and O–H groups in total. The molecule has 2 aliphatic rings. The van der Waals surface area contributed by atoms with Crippen molar-refractivity contribution in [3.63, 3.8) is 0 Å². The fraction of sp³-hybridized carbons (Fsp3) is 0.500. The Morgan fingerprint density at radius 2 is 2.07 bits per heavy atom. The van der Waals surface area contributed by atoms with Gasteiger partial charge in [0.15, 0.2) is 5.69 Å². The molecule has 1 unspecified atom stereocenters. The molecule has 8 nitrogen and oxygen atoms in total. The van der Waals surface area contributed by atoms with Gasteiger partial charge in [-0.2, -0.15) is 0 Å². The van der Waals surface area contributed by atoms with Gasteiger partial charge in [-0.25, -0.2) is 4.98 Å². The molecule has 2 heterocycles. The van der Waals surface area contributed by atoms with Crippen molar-refractivity contribution in [1.29, 1.82) is 0 Å². The number of aromatic amines is 1. The standard InChI is InChI=1S/C20H24N4O4/c1-28-11-6-16(25)24-9-7-20(8-10-24)12-15(20)23-19(27)17-18(26)22-14-5-3-2-4-13(14)21-17/h2-5,15H,6-12H2,1H3,(H,22,26)(H,23,27). The number of aromatic nitrogens is 2. The summed E-state index contributed by atoms with van der Waals surface area (Å²) in [5.41, 5.74) is 0.646. The third-order valence-electron chi connectivity index (χ3n) is 5.94. The molecule has 1 saturated carbocycles. The van der Waals surface area contributed by atoms with Crippen LogP contribution in [0.1, 0.15) is 36.2 Å². The highest BCUT2D eigenvalue weighted by atomic mass is 16.5. The van der Waals surface area contributed by atoms with E-state index >= 15 is 0 Å². The Bertz CT molecular complexity index is 962. The Hall–Kier alpha value is -2.74. The largest absolute Gasteiger partial charge is 0.384 e. The predicted molar refractivity (Wildman–Crippen MR) is 103 cm³/mol. The number of rotatable bonds is 5. The van der Waals surface area contributed by atoms with Gasteiger partial charge >= 0.3 is 0 Å². The molecular formula is C20H24N4O4. The van der Waals surface area contributed by atoms with Crippen molar-refractivity contribution < 1.29 is 14.3 Å². The van der Waals surface area contributed by atoms with Gasteiger partial charge in [0.2, 0.25) is 5.91 Å². The van der Waals surface area contributed by atoms with Gasteiger partial charge in [0.05, 0.1) is 24.1 Å². The Balaban J connectivity index is 1.37. The maximum absolute atomic E-state index is 12.6. The number of likely N-dealkylation sites (tertiary alicyclic amines) is 1. The number of amides is 2. The number of carbonyl (C=O) groups is 2. The van der Waals surface area contributed by atoms with Gasteiger partial charge in [0.1, 0.15) is 0 Å². The first-order valence-electron chi connectivity index (χ1n) is 9.59. The van der Waals surface area contributed by atoms with Crippen molar-refractivity contribution in [3.8, 4) is 0 Å². The van der Waals surface area contributed by atoms with Crippen LogP contribution in [0.4, 0.5) is 0 Å². The number of fused-ring (bicyclic) bond motifs is 1. The van der Waals surface area contributed by atoms with Crippen LogP contribution < -0.4 is 10.9 Å². The molecule has 0 radical (unpaired) electrons. The van der Waals surface area contributed by atoms with Gasteiger partial charge in [-0.05, 0) is 36.8 Å². The number of hydrogen-bond donors (Lipinski definition) is 2. The summed E-state index contributed by atoms with van der Waals surface area (Å²) in [6.45, 7) is 1.83. The number of ether oxygens (including phenoxy) is 1. The molecular weight excluding hydrogens is 360 g/mol. The summed E-state index contributed by atoms with van der Waals surface area (Å²) in [6, 6.07) is 7.16. The van der Waals surface area contributed by atoms with Crippen LogP contribution in [0, 0.1) is 5.41 Å². The zero-order valence-electron chi connectivity index (χ0n) is 15.9. The number of hydrogen-bond acceptors (Lipinski definition) is 5. The number of para-hydroxylation sites is 2. The van der Waals surface area contributed by atoms with Crippen LogP contribution in [-0.2, 0) is 9.53 Å². The van der Waals surface area contributed by atoms with E-state index in [0.29, 0.717) is 37.2 Å². The minimum Gasteiger partial charge on any atom is -0.384 e. The smallest absolute Gasteiger partial charge is 0.280 e. The highest BCUT2D eigenvalue weighted by Crippen LogP contribution is 2.53. The summed E-state index contributed by atoms with van der Waals surface area (Å²) in [6.07, 6.45) is 3.00. The van der Waals surface area contributed by atoms with Crippen LogP contribution in [0.15, 0.2) is 29.1 Å². The molecule has 28 heavy (non-hydrogen) atoms. The van der Waals surface area contributed by atoms with Crippen LogP contribution in [0.5, 0.6) is 0 Å². The number of nitrogens with zero attached hydrogens (tertiary/aromatic N) is 2. The maximum atomic E-state index is 12.6. The van der Waals surface area contributed by atoms with Crippen LogP contribution in [0.3, 0.4) is 0 Å². The lowest BCUT2D eigenvalue weighted by atomic mass is 9.92. The zero-order valence-corrected chi connectivity index (χ0v) is 15.9. The summed E-state index contributed by atoms with van der Waals surface area (Å²) in [5.74, 6) is -0.322. The van der Waals surface area contributed by atoms with Gasteiger partial charge in [0, 0.05) is 26.2 Å². The van der Waals surface area contributed by atoms with Crippen molar-refractivity contribution >= 4 is 22.8 Å². The predicted octanol–water partition coefficient (Wildman–Crippen LogP) is 1.07. The third-order valence-corrected chi connectivity index (χ3v) is 5.94. The molecule has 2 fully saturated rings. The topological polar surface area (TPSA) is 104 Å². The van der Waals surface area contributed by atoms with Gasteiger partial charge in [0.25, 0.3) is 11.5 Å². The van der Waals surface area contributed by atoms with Crippen molar-refractivity contribution in [2.45, 2.75) is 31.7 Å². The Labute approximate surface area is 162 Å². The Kier molecular flexibility index (Phi) is 4.89. The summed E-state index contributed by atoms with van der Waals surface area (Å²) >= 11 is 0. The van der Waals surface area contributed by atoms with E-state index in [9.17, 15) is 14.4 Å². The average molecular weight is 384 g/mol. The van der Waals surface area contributed by atoms with Gasteiger partial charge in [-0.15, -0.1) is 0 Å². The molecule has 0 bridgehead atoms. The highest BCUT2D eigenvalue weighted by Gasteiger charge is 2.56. The fourth-order valence-corrected chi connectivity index (χ4v) is 4.06. The maximum Gasteiger partial charge on any atom is 0.280 e. The number of H-pyrrole nitrogens is 1. The van der Waals surface area contributed by atoms with E-state index in [2.05, 4.69) is 15.3 Å². The van der Waals surface area contributed by atoms with Crippen LogP contribution in [0.2, 0.25) is 0 Å². The summed E-state index contributed by atoms with van der Waals surface area (Å²) in [7, 11) is 1.59. The van der Waals surface area contributed by atoms with E-state index < -0.39 is 11.5 Å². The monoisotopic (exact) mass is 384 g/mol. The number of nitrogens with one attached hydrogen (secondary N) is 2. The van der Waals surface area contributed by atoms with Gasteiger partial charge < -0.3 is 19.9 Å². The second-order valence-corrected chi connectivity index (χ2v) is 7.65. The number of carbonyl (C=O) groups excluding carboxylic acids is 2. The Morgan fingerprint density at radius 1 is 1.32 bits per heavy atom. The first-order chi connectivity index (χ1) is 13.5. The lowest BCUT2D eigenvalue weighted by Crippen LogP contribution is -2.42. The number of piperidine rings is 1. The number of methoxy groups -OCH3 is 1. The normalized spacial score (nSPS) is 20.3. The second kappa shape index (κ2) is 7.35. The molecule has 8 heteroatoms. The molecule has 1 aliphatic heterocycles. The molecule has 2 aromatic rings. The molecule has 1 saturated heterocycles. The molecule has 2 amide bonds. The lowest BCUT2D eigenvalue weighted by molar-refractivity contribution is -0.133. The quantitative estimate of drug-likeness (QED) is 0.802. The molecule has 1 spiro atoms. The molecule has 1 aromatic carbocycles. The summed E-state index contributed by atoms with van der Waals surface area (Å²) in [4.78, 5) is 45.7. The van der Waals surface area contributed by atoms with E-state index in [4.69, 9.17) is 4.74 Å². The third kappa shape index (κ3) is 3.52. The van der Waals surface area contributed by atoms with Crippen LogP contribution in [-0.4, -0.2) is 59.5 Å². The minimum absolute atomic E-state index is 0.0314. The van der Waals surface area contributed by atoms with Crippen molar-refractivity contribution in [3.05, 3.63) is 40.3 Å². The lowest BCUT2D eigenvalue weighted by Gasteiger charge is -2.33. The SMILES string of the molecule is COCCC(=O)N1CCC2(CC1)CC2NC(=O)c1nc2ccccc2[nH]c1=O. The minimum atomic E-state index is -0.482. The second-order valence-electron chi connectivity index (χ2n) is 7.65. The molecule has 1 atom stereocenters. The average Bonchev–Trinajstić information content (AvgIpc) is 3.36. The molecule has 1 aromatic heterocycles. The number of benzene rings is 1. The first-order valence-corrected chi connectivity index (χ1v) is 9.59.